The van der Waals surface area contributed by atoms with Crippen LogP contribution in [0.15, 0.2) is 12.2 Å². The van der Waals surface area contributed by atoms with E-state index in [1.807, 2.05) is 13.8 Å². The molecule has 4 aliphatic rings. The second kappa shape index (κ2) is 8.07. The zero-order valence-corrected chi connectivity index (χ0v) is 22.6. The monoisotopic (exact) mass is 460 g/mol. The molecule has 4 fully saturated rings. The van der Waals surface area contributed by atoms with E-state index in [2.05, 4.69) is 41.2 Å². The molecule has 10 atom stereocenters. The summed E-state index contributed by atoms with van der Waals surface area (Å²) in [5.41, 5.74) is 0.762. The minimum Gasteiger partial charge on any atom is -0.393 e. The van der Waals surface area contributed by atoms with Crippen LogP contribution in [0.1, 0.15) is 113 Å². The van der Waals surface area contributed by atoms with Crippen molar-refractivity contribution in [2.45, 2.75) is 130 Å². The molecule has 0 aliphatic heterocycles. The van der Waals surface area contributed by atoms with E-state index in [0.29, 0.717) is 36.0 Å². The van der Waals surface area contributed by atoms with Crippen LogP contribution in [0.2, 0.25) is 0 Å². The number of hydrogen-bond acceptors (Lipinski definition) is 3. The molecule has 4 rings (SSSR count). The molecule has 0 radical (unpaired) electrons. The quantitative estimate of drug-likeness (QED) is 0.410. The van der Waals surface area contributed by atoms with Gasteiger partial charge in [0.2, 0.25) is 0 Å². The van der Waals surface area contributed by atoms with Gasteiger partial charge in [-0.2, -0.15) is 0 Å². The summed E-state index contributed by atoms with van der Waals surface area (Å²) in [5, 5.41) is 32.8. The van der Waals surface area contributed by atoms with Crippen molar-refractivity contribution in [2.75, 3.05) is 0 Å². The number of aliphatic hydroxyl groups is 3. The molecule has 0 aromatic carbocycles. The Balaban J connectivity index is 1.60. The molecule has 190 valence electrons. The third kappa shape index (κ3) is 3.61. The summed E-state index contributed by atoms with van der Waals surface area (Å²) in [7, 11) is 0. The lowest BCUT2D eigenvalue weighted by molar-refractivity contribution is -0.211. The average Bonchev–Trinajstić information content (AvgIpc) is 3.01. The van der Waals surface area contributed by atoms with E-state index in [9.17, 15) is 15.3 Å². The first-order valence-corrected chi connectivity index (χ1v) is 13.8. The Morgan fingerprint density at radius 1 is 0.939 bits per heavy atom. The molecule has 3 heteroatoms. The van der Waals surface area contributed by atoms with Crippen LogP contribution >= 0.6 is 0 Å². The number of fused-ring (bicyclic) bond motifs is 5. The van der Waals surface area contributed by atoms with Crippen molar-refractivity contribution in [2.24, 2.45) is 45.3 Å². The maximum absolute atomic E-state index is 11.7. The highest BCUT2D eigenvalue weighted by molar-refractivity contribution is 5.18. The van der Waals surface area contributed by atoms with Gasteiger partial charge in [-0.25, -0.2) is 0 Å². The topological polar surface area (TPSA) is 60.7 Å². The van der Waals surface area contributed by atoms with Crippen molar-refractivity contribution >= 4 is 0 Å². The van der Waals surface area contributed by atoms with Crippen molar-refractivity contribution < 1.29 is 15.3 Å². The molecule has 3 N–H and O–H groups in total. The second-order valence-corrected chi connectivity index (χ2v) is 14.4. The lowest BCUT2D eigenvalue weighted by Crippen LogP contribution is -2.62. The van der Waals surface area contributed by atoms with Crippen LogP contribution in [0.3, 0.4) is 0 Å². The Labute approximate surface area is 203 Å². The lowest BCUT2D eigenvalue weighted by Gasteiger charge is -2.68. The molecular formula is C30H52O3. The third-order valence-electron chi connectivity index (χ3n) is 12.7. The molecule has 0 unspecified atom stereocenters. The molecule has 0 bridgehead atoms. The molecule has 0 saturated heterocycles. The van der Waals surface area contributed by atoms with Crippen molar-refractivity contribution in [3.8, 4) is 0 Å². The van der Waals surface area contributed by atoms with Gasteiger partial charge >= 0.3 is 0 Å². The first-order valence-electron chi connectivity index (χ1n) is 13.8. The zero-order valence-electron chi connectivity index (χ0n) is 22.6. The predicted molar refractivity (Wildman–Crippen MR) is 136 cm³/mol. The Morgan fingerprint density at radius 2 is 1.58 bits per heavy atom. The van der Waals surface area contributed by atoms with Gasteiger partial charge in [-0.15, -0.1) is 0 Å². The smallest absolute Gasteiger partial charge is 0.0745 e. The van der Waals surface area contributed by atoms with Crippen molar-refractivity contribution in [3.63, 3.8) is 0 Å². The van der Waals surface area contributed by atoms with Crippen LogP contribution in [-0.4, -0.2) is 33.1 Å². The molecule has 0 amide bonds. The van der Waals surface area contributed by atoms with E-state index in [1.54, 1.807) is 0 Å². The van der Waals surface area contributed by atoms with Crippen LogP contribution in [0.5, 0.6) is 0 Å². The molecule has 4 saturated carbocycles. The van der Waals surface area contributed by atoms with E-state index < -0.39 is 11.7 Å². The second-order valence-electron chi connectivity index (χ2n) is 14.4. The molecule has 33 heavy (non-hydrogen) atoms. The molecule has 4 aliphatic carbocycles. The van der Waals surface area contributed by atoms with Gasteiger partial charge in [0.1, 0.15) is 0 Å². The Bertz CT molecular complexity index is 771. The van der Waals surface area contributed by atoms with Gasteiger partial charge in [0.25, 0.3) is 0 Å². The first-order chi connectivity index (χ1) is 15.1. The highest BCUT2D eigenvalue weighted by Gasteiger charge is 2.69. The highest BCUT2D eigenvalue weighted by Crippen LogP contribution is 2.76. The number of aliphatic hydroxyl groups excluding tert-OH is 2. The zero-order chi connectivity index (χ0) is 24.6. The van der Waals surface area contributed by atoms with Gasteiger partial charge in [0.15, 0.2) is 0 Å². The fourth-order valence-corrected chi connectivity index (χ4v) is 10.2. The minimum atomic E-state index is -0.759. The summed E-state index contributed by atoms with van der Waals surface area (Å²) in [6.45, 7) is 20.1. The molecular weight excluding hydrogens is 408 g/mol. The van der Waals surface area contributed by atoms with Crippen LogP contribution in [0.4, 0.5) is 0 Å². The standard InChI is InChI=1S/C30H52O3/c1-19(2)22(31)13-16-30(8,33)24-14-15-28(6)23-11-9-20-21(10-12-25(32)26(20,3)4)27(23,5)17-18-29(24,28)7/h20-25,31-33H,1,9-18H2,2-8H3/t20-,21+,22+,23+,24+,25+,27+,28-,29+,30+/m1/s1. The van der Waals surface area contributed by atoms with Crippen LogP contribution < -0.4 is 0 Å². The van der Waals surface area contributed by atoms with Crippen molar-refractivity contribution in [3.05, 3.63) is 12.2 Å². The fourth-order valence-electron chi connectivity index (χ4n) is 10.2. The Hall–Kier alpha value is -0.380. The number of hydrogen-bond donors (Lipinski definition) is 3. The maximum Gasteiger partial charge on any atom is 0.0745 e. The average molecular weight is 461 g/mol. The minimum absolute atomic E-state index is 0.0184. The van der Waals surface area contributed by atoms with Gasteiger partial charge in [0.05, 0.1) is 17.8 Å². The molecule has 0 aromatic heterocycles. The van der Waals surface area contributed by atoms with Gasteiger partial charge in [-0.05, 0) is 123 Å². The molecule has 0 spiro atoms. The van der Waals surface area contributed by atoms with E-state index >= 15 is 0 Å². The summed E-state index contributed by atoms with van der Waals surface area (Å²) < 4.78 is 0. The van der Waals surface area contributed by atoms with Gasteiger partial charge in [-0.1, -0.05) is 46.8 Å². The normalized spacial score (nSPS) is 49.3. The number of rotatable bonds is 5. The van der Waals surface area contributed by atoms with Crippen molar-refractivity contribution in [1.82, 2.24) is 0 Å². The largest absolute Gasteiger partial charge is 0.393 e. The summed E-state index contributed by atoms with van der Waals surface area (Å²) in [6, 6.07) is 0. The van der Waals surface area contributed by atoms with Crippen LogP contribution in [-0.2, 0) is 0 Å². The summed E-state index contributed by atoms with van der Waals surface area (Å²) >= 11 is 0. The van der Waals surface area contributed by atoms with E-state index in [4.69, 9.17) is 0 Å². The summed E-state index contributed by atoms with van der Waals surface area (Å²) in [5.74, 6) is 2.30. The maximum atomic E-state index is 11.7. The lowest BCUT2D eigenvalue weighted by atomic mass is 9.37. The van der Waals surface area contributed by atoms with Crippen molar-refractivity contribution in [1.29, 1.82) is 0 Å². The first kappa shape index (κ1) is 25.7. The molecule has 0 aromatic rings. The van der Waals surface area contributed by atoms with Gasteiger partial charge in [0, 0.05) is 0 Å². The summed E-state index contributed by atoms with van der Waals surface area (Å²) in [4.78, 5) is 0. The fraction of sp³-hybridized carbons (Fsp3) is 0.933. The van der Waals surface area contributed by atoms with Gasteiger partial charge < -0.3 is 15.3 Å². The summed E-state index contributed by atoms with van der Waals surface area (Å²) in [6.07, 6.45) is 9.91. The SMILES string of the molecule is C=C(C)[C@@H](O)CC[C@](C)(O)[C@H]1CC[C@]2(C)[C@H]3CC[C@@H]4[C@H](CC[C@H](O)C4(C)C)[C@]3(C)CC[C@@]12C. The van der Waals surface area contributed by atoms with Gasteiger partial charge in [-0.3, -0.25) is 0 Å². The van der Waals surface area contributed by atoms with Crippen LogP contribution in [0.25, 0.3) is 0 Å². The Kier molecular flexibility index (Phi) is 6.28. The predicted octanol–water partition coefficient (Wildman–Crippen LogP) is 6.50. The molecule has 0 heterocycles. The van der Waals surface area contributed by atoms with E-state index in [1.165, 1.54) is 38.5 Å². The van der Waals surface area contributed by atoms with Crippen LogP contribution in [0, 0.1) is 45.3 Å². The van der Waals surface area contributed by atoms with E-state index in [0.717, 1.165) is 18.4 Å². The Morgan fingerprint density at radius 3 is 2.21 bits per heavy atom. The molecule has 3 nitrogen and oxygen atoms in total. The van der Waals surface area contributed by atoms with E-state index in [-0.39, 0.29) is 28.3 Å². The highest BCUT2D eigenvalue weighted by atomic mass is 16.3. The third-order valence-corrected chi connectivity index (χ3v) is 12.7.